The molecule has 0 fully saturated rings. The molecule has 4 rings (SSSR count). The lowest BCUT2D eigenvalue weighted by Gasteiger charge is -2.14. The van der Waals surface area contributed by atoms with Gasteiger partial charge in [-0.15, -0.1) is 0 Å². The first-order valence-corrected chi connectivity index (χ1v) is 12.8. The second-order valence-electron chi connectivity index (χ2n) is 8.24. The number of anilines is 1. The normalized spacial score (nSPS) is 11.0. The lowest BCUT2D eigenvalue weighted by Crippen LogP contribution is -2.18. The van der Waals surface area contributed by atoms with E-state index >= 15 is 4.39 Å². The Morgan fingerprint density at radius 1 is 1.02 bits per heavy atom. The molecule has 0 aliphatic carbocycles. The van der Waals surface area contributed by atoms with Gasteiger partial charge in [0.05, 0.1) is 21.1 Å². The Kier molecular flexibility index (Phi) is 7.85. The zero-order chi connectivity index (χ0) is 29.0. The molecule has 0 saturated carbocycles. The van der Waals surface area contributed by atoms with Gasteiger partial charge in [0.25, 0.3) is 11.6 Å². The highest BCUT2D eigenvalue weighted by atomic mass is 32.2. The largest absolute Gasteiger partial charge is 0.457 e. The minimum atomic E-state index is -4.10. The van der Waals surface area contributed by atoms with Crippen LogP contribution in [0.4, 0.5) is 15.8 Å². The van der Waals surface area contributed by atoms with Gasteiger partial charge < -0.3 is 10.1 Å². The molecule has 6 N–H and O–H groups in total. The summed E-state index contributed by atoms with van der Waals surface area (Å²) in [6.07, 6.45) is 0. The van der Waals surface area contributed by atoms with Crippen molar-refractivity contribution in [2.45, 2.75) is 4.90 Å². The van der Waals surface area contributed by atoms with Crippen LogP contribution >= 0.6 is 0 Å². The molecule has 0 heterocycles. The van der Waals surface area contributed by atoms with Crippen LogP contribution in [0.5, 0.6) is 11.5 Å². The van der Waals surface area contributed by atoms with E-state index < -0.39 is 32.4 Å². The summed E-state index contributed by atoms with van der Waals surface area (Å²) in [7, 11) is -4.10. The third-order valence-corrected chi connectivity index (χ3v) is 6.57. The minimum absolute atomic E-state index is 0.108. The van der Waals surface area contributed by atoms with Crippen LogP contribution in [0.1, 0.15) is 15.9 Å². The summed E-state index contributed by atoms with van der Waals surface area (Å²) in [5.74, 6) is -2.13. The van der Waals surface area contributed by atoms with Crippen molar-refractivity contribution in [2.75, 3.05) is 5.32 Å². The van der Waals surface area contributed by atoms with E-state index in [2.05, 4.69) is 5.32 Å². The smallest absolute Gasteiger partial charge is 0.270 e. The van der Waals surface area contributed by atoms with E-state index in [0.29, 0.717) is 0 Å². The highest BCUT2D eigenvalue weighted by molar-refractivity contribution is 7.89. The Morgan fingerprint density at radius 3 is 2.45 bits per heavy atom. The van der Waals surface area contributed by atoms with Gasteiger partial charge >= 0.3 is 0 Å². The number of ether oxygens (including phenoxy) is 1. The zero-order valence-corrected chi connectivity index (χ0v) is 21.1. The van der Waals surface area contributed by atoms with Crippen LogP contribution in [-0.4, -0.2) is 30.3 Å². The third kappa shape index (κ3) is 6.10. The molecule has 0 radical (unpaired) electrons. The molecule has 0 aliphatic heterocycles. The molecule has 4 aromatic rings. The van der Waals surface area contributed by atoms with E-state index in [1.807, 2.05) is 0 Å². The van der Waals surface area contributed by atoms with E-state index in [9.17, 15) is 23.3 Å². The summed E-state index contributed by atoms with van der Waals surface area (Å²) in [5, 5.41) is 35.6. The first-order chi connectivity index (χ1) is 19.0. The van der Waals surface area contributed by atoms with Gasteiger partial charge in [0, 0.05) is 23.3 Å². The standard InChI is InChI=1S/C26H20FN5O7S/c27-21-13-15(19-6-1-2-7-24(19)40(29,37)38)8-10-22(21)30-26(33)20-14-17(32(35)36)9-11-23(20)39-18-5-3-4-16(12-18)25(28)31-34/h1-14,34H,(H2,28,31)(H,30,33)(H2,29,37,38). The molecule has 14 heteroatoms. The van der Waals surface area contributed by atoms with E-state index in [1.165, 1.54) is 60.7 Å². The Balaban J connectivity index is 1.66. The molecule has 0 spiro atoms. The lowest BCUT2D eigenvalue weighted by atomic mass is 10.0. The van der Waals surface area contributed by atoms with Crippen LogP contribution < -0.4 is 20.7 Å². The number of nitrogens with two attached hydrogens (primary N) is 1. The molecule has 0 aromatic heterocycles. The molecule has 1 amide bonds. The Bertz CT molecular complexity index is 1760. The van der Waals surface area contributed by atoms with Crippen molar-refractivity contribution in [3.05, 3.63) is 112 Å². The van der Waals surface area contributed by atoms with Gasteiger partial charge in [-0.1, -0.05) is 36.4 Å². The molecule has 12 nitrogen and oxygen atoms in total. The number of rotatable bonds is 8. The number of nitro benzene ring substituents is 1. The molecular weight excluding hydrogens is 545 g/mol. The maximum absolute atomic E-state index is 15.1. The van der Waals surface area contributed by atoms with Crippen LogP contribution in [0.25, 0.3) is 11.1 Å². The molecule has 0 atom stereocenters. The number of amidine groups is 1. The number of hydrogen-bond donors (Lipinski definition) is 5. The summed E-state index contributed by atoms with van der Waals surface area (Å²) < 4.78 is 44.7. The van der Waals surface area contributed by atoms with Gasteiger partial charge in [-0.2, -0.15) is 0 Å². The molecule has 0 aliphatic rings. The lowest BCUT2D eigenvalue weighted by molar-refractivity contribution is -0.384. The van der Waals surface area contributed by atoms with Crippen molar-refractivity contribution in [3.8, 4) is 22.6 Å². The Morgan fingerprint density at radius 2 is 1.77 bits per heavy atom. The molecule has 0 unspecified atom stereocenters. The number of carbonyl (C=O) groups is 1. The number of hydroxylamine groups is 1. The maximum atomic E-state index is 15.1. The first-order valence-electron chi connectivity index (χ1n) is 11.3. The number of non-ortho nitro benzene ring substituents is 1. The van der Waals surface area contributed by atoms with E-state index in [4.69, 9.17) is 20.5 Å². The number of hydrogen-bond acceptors (Lipinski definition) is 8. The molecule has 0 saturated heterocycles. The topological polar surface area (TPSA) is 198 Å². The van der Waals surface area contributed by atoms with Gasteiger partial charge in [0.2, 0.25) is 10.0 Å². The van der Waals surface area contributed by atoms with Crippen LogP contribution in [0.2, 0.25) is 0 Å². The van der Waals surface area contributed by atoms with Crippen molar-refractivity contribution in [3.63, 3.8) is 0 Å². The van der Waals surface area contributed by atoms with E-state index in [0.717, 1.165) is 18.2 Å². The monoisotopic (exact) mass is 565 g/mol. The molecule has 0 bridgehead atoms. The highest BCUT2D eigenvalue weighted by Gasteiger charge is 2.21. The number of nitrogens with one attached hydrogen (secondary N) is 3. The molecular formula is C26H20FN5O7S. The molecule has 40 heavy (non-hydrogen) atoms. The fourth-order valence-corrected chi connectivity index (χ4v) is 4.49. The van der Waals surface area contributed by atoms with Crippen LogP contribution in [0.15, 0.2) is 89.8 Å². The first kappa shape index (κ1) is 27.8. The third-order valence-electron chi connectivity index (χ3n) is 5.60. The number of carbonyl (C=O) groups excluding carboxylic acids is 1. The van der Waals surface area contributed by atoms with Gasteiger partial charge in [-0.25, -0.2) is 17.9 Å². The number of primary sulfonamides is 1. The van der Waals surface area contributed by atoms with Crippen LogP contribution in [0, 0.1) is 21.3 Å². The summed E-state index contributed by atoms with van der Waals surface area (Å²) in [4.78, 5) is 23.6. The number of nitro groups is 1. The number of benzene rings is 4. The quantitative estimate of drug-likeness (QED) is 0.0896. The van der Waals surface area contributed by atoms with Crippen molar-refractivity contribution in [1.82, 2.24) is 5.48 Å². The fourth-order valence-electron chi connectivity index (χ4n) is 3.73. The van der Waals surface area contributed by atoms with Crippen molar-refractivity contribution in [1.29, 1.82) is 5.41 Å². The fraction of sp³-hybridized carbons (Fsp3) is 0. The molecule has 204 valence electrons. The minimum Gasteiger partial charge on any atom is -0.457 e. The number of amides is 1. The van der Waals surface area contributed by atoms with Crippen LogP contribution in [-0.2, 0) is 10.0 Å². The number of nitrogens with zero attached hydrogens (tertiary/aromatic N) is 1. The summed E-state index contributed by atoms with van der Waals surface area (Å²) >= 11 is 0. The van der Waals surface area contributed by atoms with Gasteiger partial charge in [0.1, 0.15) is 23.2 Å². The SMILES string of the molecule is N=C(NO)c1cccc(Oc2ccc([N+](=O)[O-])cc2C(=O)Nc2ccc(-c3ccccc3S(N)(=O)=O)cc2F)c1. The van der Waals surface area contributed by atoms with Crippen molar-refractivity contribution in [2.24, 2.45) is 5.14 Å². The predicted octanol–water partition coefficient (Wildman–Crippen LogP) is 4.40. The van der Waals surface area contributed by atoms with Crippen LogP contribution in [0.3, 0.4) is 0 Å². The van der Waals surface area contributed by atoms with Crippen molar-refractivity contribution < 1.29 is 32.5 Å². The van der Waals surface area contributed by atoms with Gasteiger partial charge in [-0.3, -0.25) is 31.0 Å². The van der Waals surface area contributed by atoms with Gasteiger partial charge in [-0.05, 0) is 42.0 Å². The number of sulfonamides is 1. The average Bonchev–Trinajstić information content (AvgIpc) is 2.93. The Hall–Kier alpha value is -5.18. The predicted molar refractivity (Wildman–Crippen MR) is 143 cm³/mol. The number of halogens is 1. The maximum Gasteiger partial charge on any atom is 0.270 e. The van der Waals surface area contributed by atoms with Gasteiger partial charge in [0.15, 0.2) is 0 Å². The second kappa shape index (κ2) is 11.3. The summed E-state index contributed by atoms with van der Waals surface area (Å²) in [5.41, 5.74) is 1.28. The molecule has 4 aromatic carbocycles. The zero-order valence-electron chi connectivity index (χ0n) is 20.3. The van der Waals surface area contributed by atoms with Crippen molar-refractivity contribution >= 4 is 33.1 Å². The Labute approximate surface area is 226 Å². The highest BCUT2D eigenvalue weighted by Crippen LogP contribution is 2.32. The van der Waals surface area contributed by atoms with E-state index in [-0.39, 0.29) is 50.2 Å². The summed E-state index contributed by atoms with van der Waals surface area (Å²) in [6.45, 7) is 0. The average molecular weight is 566 g/mol. The second-order valence-corrected chi connectivity index (χ2v) is 9.77. The van der Waals surface area contributed by atoms with E-state index in [1.54, 1.807) is 11.5 Å². The summed E-state index contributed by atoms with van der Waals surface area (Å²) in [6, 6.07) is 18.5.